The maximum atomic E-state index is 11.8. The molecule has 1 aromatic carbocycles. The van der Waals surface area contributed by atoms with Crippen molar-refractivity contribution in [2.75, 3.05) is 13.7 Å². The minimum Gasteiger partial charge on any atom is -0.497 e. The molecule has 1 aliphatic carbocycles. The fraction of sp³-hybridized carbons (Fsp3) is 0.611. The average Bonchev–Trinajstić information content (AvgIpc) is 3.31. The maximum absolute atomic E-state index is 11.8. The third-order valence-electron chi connectivity index (χ3n) is 3.87. The van der Waals surface area contributed by atoms with Crippen molar-refractivity contribution in [3.05, 3.63) is 28.2 Å². The van der Waals surface area contributed by atoms with Crippen molar-refractivity contribution < 1.29 is 14.3 Å². The van der Waals surface area contributed by atoms with Crippen LogP contribution in [-0.4, -0.2) is 31.4 Å². The molecule has 0 heterocycles. The van der Waals surface area contributed by atoms with Crippen molar-refractivity contribution in [1.29, 1.82) is 0 Å². The molecule has 1 amide bonds. The van der Waals surface area contributed by atoms with Crippen LogP contribution in [0, 0.1) is 5.92 Å². The molecule has 1 unspecified atom stereocenters. The number of ether oxygens (including phenoxy) is 2. The highest BCUT2D eigenvalue weighted by atomic mass is 79.9. The first-order chi connectivity index (χ1) is 11.3. The molecule has 0 bridgehead atoms. The summed E-state index contributed by atoms with van der Waals surface area (Å²) in [7, 11) is 1.66. The predicted octanol–water partition coefficient (Wildman–Crippen LogP) is 3.85. The highest BCUT2D eigenvalue weighted by Crippen LogP contribution is 2.33. The maximum Gasteiger partial charge on any atom is 0.407 e. The molecule has 1 atom stereocenters. The molecular weight excluding hydrogens is 372 g/mol. The number of benzene rings is 1. The van der Waals surface area contributed by atoms with Gasteiger partial charge in [-0.3, -0.25) is 0 Å². The van der Waals surface area contributed by atoms with Gasteiger partial charge in [0, 0.05) is 23.6 Å². The van der Waals surface area contributed by atoms with Crippen LogP contribution in [0.15, 0.2) is 22.7 Å². The van der Waals surface area contributed by atoms with Gasteiger partial charge < -0.3 is 20.1 Å². The number of alkyl carbamates (subject to hydrolysis) is 1. The quantitative estimate of drug-likeness (QED) is 0.731. The fourth-order valence-electron chi connectivity index (χ4n) is 2.45. The molecular formula is C18H27BrN2O3. The van der Waals surface area contributed by atoms with E-state index < -0.39 is 5.60 Å². The minimum absolute atomic E-state index is 0.256. The lowest BCUT2D eigenvalue weighted by Crippen LogP contribution is -2.43. The van der Waals surface area contributed by atoms with Gasteiger partial charge in [0.25, 0.3) is 0 Å². The fourth-order valence-corrected chi connectivity index (χ4v) is 2.95. The van der Waals surface area contributed by atoms with Crippen LogP contribution in [-0.2, 0) is 11.3 Å². The van der Waals surface area contributed by atoms with Crippen LogP contribution in [0.3, 0.4) is 0 Å². The lowest BCUT2D eigenvalue weighted by Gasteiger charge is -2.23. The Morgan fingerprint density at radius 1 is 1.38 bits per heavy atom. The highest BCUT2D eigenvalue weighted by Gasteiger charge is 2.31. The molecule has 1 saturated carbocycles. The van der Waals surface area contributed by atoms with E-state index in [9.17, 15) is 4.79 Å². The summed E-state index contributed by atoms with van der Waals surface area (Å²) in [5, 5.41) is 6.43. The highest BCUT2D eigenvalue weighted by molar-refractivity contribution is 9.10. The van der Waals surface area contributed by atoms with Gasteiger partial charge >= 0.3 is 6.09 Å². The van der Waals surface area contributed by atoms with E-state index in [2.05, 4.69) is 26.6 Å². The predicted molar refractivity (Wildman–Crippen MR) is 98.3 cm³/mol. The number of halogens is 1. The van der Waals surface area contributed by atoms with Crippen molar-refractivity contribution in [1.82, 2.24) is 10.6 Å². The zero-order valence-electron chi connectivity index (χ0n) is 14.8. The molecule has 5 nitrogen and oxygen atoms in total. The molecule has 1 aliphatic rings. The number of methoxy groups -OCH3 is 1. The van der Waals surface area contributed by atoms with Crippen molar-refractivity contribution in [3.8, 4) is 5.75 Å². The molecule has 0 radical (unpaired) electrons. The summed E-state index contributed by atoms with van der Waals surface area (Å²) in [4.78, 5) is 11.8. The standard InChI is InChI=1S/C18H27BrN2O3/c1-18(2,3)24-17(22)21-11-16(12-5-6-12)20-10-13-7-8-14(23-4)9-15(13)19/h7-9,12,16,20H,5-6,10-11H2,1-4H3,(H,21,22). The largest absolute Gasteiger partial charge is 0.497 e. The summed E-state index contributed by atoms with van der Waals surface area (Å²) in [5.74, 6) is 1.45. The Morgan fingerprint density at radius 2 is 2.08 bits per heavy atom. The van der Waals surface area contributed by atoms with Crippen molar-refractivity contribution in [2.45, 2.75) is 51.8 Å². The number of hydrogen-bond donors (Lipinski definition) is 2. The SMILES string of the molecule is COc1ccc(CNC(CNC(=O)OC(C)(C)C)C2CC2)c(Br)c1. The first kappa shape index (κ1) is 19.1. The minimum atomic E-state index is -0.472. The number of carbonyl (C=O) groups excluding carboxylic acids is 1. The lowest BCUT2D eigenvalue weighted by atomic mass is 10.1. The van der Waals surface area contributed by atoms with Crippen LogP contribution in [0.2, 0.25) is 0 Å². The molecule has 2 N–H and O–H groups in total. The molecule has 134 valence electrons. The second-order valence-electron chi connectivity index (χ2n) is 7.16. The third-order valence-corrected chi connectivity index (χ3v) is 4.61. The average molecular weight is 399 g/mol. The molecule has 6 heteroatoms. The molecule has 0 aromatic heterocycles. The van der Waals surface area contributed by atoms with Gasteiger partial charge in [-0.25, -0.2) is 4.79 Å². The Balaban J connectivity index is 1.85. The topological polar surface area (TPSA) is 59.6 Å². The Morgan fingerprint density at radius 3 is 2.62 bits per heavy atom. The summed E-state index contributed by atoms with van der Waals surface area (Å²) >= 11 is 3.58. The van der Waals surface area contributed by atoms with E-state index in [4.69, 9.17) is 9.47 Å². The molecule has 24 heavy (non-hydrogen) atoms. The van der Waals surface area contributed by atoms with E-state index in [1.807, 2.05) is 39.0 Å². The van der Waals surface area contributed by atoms with Gasteiger partial charge in [0.1, 0.15) is 11.4 Å². The first-order valence-corrected chi connectivity index (χ1v) is 9.10. The Hall–Kier alpha value is -1.27. The van der Waals surface area contributed by atoms with E-state index in [1.165, 1.54) is 18.4 Å². The van der Waals surface area contributed by atoms with Gasteiger partial charge in [0.15, 0.2) is 0 Å². The summed E-state index contributed by atoms with van der Waals surface area (Å²) in [5.41, 5.74) is 0.694. The van der Waals surface area contributed by atoms with Crippen molar-refractivity contribution >= 4 is 22.0 Å². The molecule has 0 aliphatic heterocycles. The van der Waals surface area contributed by atoms with Crippen LogP contribution in [0.25, 0.3) is 0 Å². The van der Waals surface area contributed by atoms with Crippen molar-refractivity contribution in [2.24, 2.45) is 5.92 Å². The second kappa shape index (κ2) is 8.21. The van der Waals surface area contributed by atoms with Gasteiger partial charge in [-0.15, -0.1) is 0 Å². The van der Waals surface area contributed by atoms with Gasteiger partial charge in [-0.2, -0.15) is 0 Å². The van der Waals surface area contributed by atoms with E-state index in [0.29, 0.717) is 12.5 Å². The molecule has 1 aromatic rings. The smallest absolute Gasteiger partial charge is 0.407 e. The van der Waals surface area contributed by atoms with E-state index >= 15 is 0 Å². The zero-order valence-corrected chi connectivity index (χ0v) is 16.4. The normalized spacial score (nSPS) is 15.7. The van der Waals surface area contributed by atoms with Gasteiger partial charge in [0.2, 0.25) is 0 Å². The Kier molecular flexibility index (Phi) is 6.52. The molecule has 0 saturated heterocycles. The number of hydrogen-bond acceptors (Lipinski definition) is 4. The van der Waals surface area contributed by atoms with Crippen LogP contribution in [0.5, 0.6) is 5.75 Å². The number of nitrogens with one attached hydrogen (secondary N) is 2. The Labute approximate surface area is 152 Å². The number of carbonyl (C=O) groups is 1. The van der Waals surface area contributed by atoms with Crippen LogP contribution >= 0.6 is 15.9 Å². The zero-order chi connectivity index (χ0) is 17.7. The van der Waals surface area contributed by atoms with Crippen LogP contribution in [0.1, 0.15) is 39.2 Å². The third kappa shape index (κ3) is 6.32. The number of amides is 1. The van der Waals surface area contributed by atoms with E-state index in [0.717, 1.165) is 16.8 Å². The van der Waals surface area contributed by atoms with Gasteiger partial charge in [-0.1, -0.05) is 22.0 Å². The van der Waals surface area contributed by atoms with Crippen LogP contribution in [0.4, 0.5) is 4.79 Å². The van der Waals surface area contributed by atoms with Crippen molar-refractivity contribution in [3.63, 3.8) is 0 Å². The summed E-state index contributed by atoms with van der Waals surface area (Å²) in [6, 6.07) is 6.21. The first-order valence-electron chi connectivity index (χ1n) is 8.31. The van der Waals surface area contributed by atoms with E-state index in [-0.39, 0.29) is 12.1 Å². The summed E-state index contributed by atoms with van der Waals surface area (Å²) in [6.07, 6.45) is 2.05. The van der Waals surface area contributed by atoms with Gasteiger partial charge in [-0.05, 0) is 57.2 Å². The second-order valence-corrected chi connectivity index (χ2v) is 8.02. The molecule has 2 rings (SSSR count). The number of rotatable bonds is 7. The summed E-state index contributed by atoms with van der Waals surface area (Å²) < 4.78 is 11.5. The van der Waals surface area contributed by atoms with Gasteiger partial charge in [0.05, 0.1) is 7.11 Å². The summed E-state index contributed by atoms with van der Waals surface area (Å²) in [6.45, 7) is 6.91. The van der Waals surface area contributed by atoms with Crippen LogP contribution < -0.4 is 15.4 Å². The monoisotopic (exact) mass is 398 g/mol. The van der Waals surface area contributed by atoms with E-state index in [1.54, 1.807) is 7.11 Å². The molecule has 0 spiro atoms. The Bertz CT molecular complexity index is 568. The lowest BCUT2D eigenvalue weighted by molar-refractivity contribution is 0.0521. The molecule has 1 fully saturated rings.